The van der Waals surface area contributed by atoms with Crippen LogP contribution in [-0.2, 0) is 26.2 Å². The molecule has 1 aromatic rings. The van der Waals surface area contributed by atoms with Gasteiger partial charge in [0.25, 0.3) is 0 Å². The maximum Gasteiger partial charge on any atom is 0.306 e. The van der Waals surface area contributed by atoms with Gasteiger partial charge < -0.3 is 13.8 Å². The van der Waals surface area contributed by atoms with Crippen LogP contribution in [0.5, 0.6) is 5.75 Å². The molecule has 31 heavy (non-hydrogen) atoms. The smallest absolute Gasteiger partial charge is 0.306 e. The molecular formula is C24H33NO5S. The number of amides is 1. The van der Waals surface area contributed by atoms with E-state index in [1.165, 1.54) is 19.3 Å². The SMILES string of the molecule is CS(=O)(=O)Oc1ccc(CN(CC2CCCO2)C(=O)C23CC4CC(CC(C4)C2)C3)cc1. The van der Waals surface area contributed by atoms with Crippen LogP contribution < -0.4 is 4.18 Å². The highest BCUT2D eigenvalue weighted by atomic mass is 32.2. The predicted molar refractivity (Wildman–Crippen MR) is 117 cm³/mol. The minimum Gasteiger partial charge on any atom is -0.383 e. The van der Waals surface area contributed by atoms with Crippen molar-refractivity contribution in [2.24, 2.45) is 23.2 Å². The number of nitrogens with zero attached hydrogens (tertiary/aromatic N) is 1. The number of hydrogen-bond donors (Lipinski definition) is 0. The normalized spacial score (nSPS) is 34.1. The number of benzene rings is 1. The standard InChI is InChI=1S/C24H33NO5S/c1-31(27,28)30-21-6-4-17(5-7-21)15-25(16-22-3-2-8-29-22)23(26)24-12-18-9-19(13-24)11-20(10-18)14-24/h4-7,18-20,22H,2-3,8-16H2,1H3. The zero-order valence-corrected chi connectivity index (χ0v) is 19.1. The number of rotatable bonds is 7. The molecule has 170 valence electrons. The van der Waals surface area contributed by atoms with E-state index in [-0.39, 0.29) is 11.5 Å². The van der Waals surface area contributed by atoms with E-state index >= 15 is 0 Å². The van der Waals surface area contributed by atoms with Crippen molar-refractivity contribution in [3.8, 4) is 5.75 Å². The summed E-state index contributed by atoms with van der Waals surface area (Å²) < 4.78 is 33.6. The summed E-state index contributed by atoms with van der Waals surface area (Å²) in [5, 5.41) is 0. The van der Waals surface area contributed by atoms with Gasteiger partial charge in [-0.25, -0.2) is 0 Å². The van der Waals surface area contributed by atoms with Crippen molar-refractivity contribution in [2.75, 3.05) is 19.4 Å². The third-order valence-corrected chi connectivity index (χ3v) is 8.27. The number of carbonyl (C=O) groups is 1. The highest BCUT2D eigenvalue weighted by Gasteiger charge is 2.55. The first-order valence-corrected chi connectivity index (χ1v) is 13.5. The fourth-order valence-electron chi connectivity index (χ4n) is 7.01. The lowest BCUT2D eigenvalue weighted by Gasteiger charge is -2.56. The highest BCUT2D eigenvalue weighted by Crippen LogP contribution is 2.60. The summed E-state index contributed by atoms with van der Waals surface area (Å²) in [4.78, 5) is 16.0. The molecule has 1 unspecified atom stereocenters. The summed E-state index contributed by atoms with van der Waals surface area (Å²) in [6, 6.07) is 7.04. The predicted octanol–water partition coefficient (Wildman–Crippen LogP) is 3.75. The van der Waals surface area contributed by atoms with Crippen molar-refractivity contribution in [1.82, 2.24) is 4.90 Å². The molecule has 0 N–H and O–H groups in total. The maximum atomic E-state index is 14.0. The van der Waals surface area contributed by atoms with Crippen LogP contribution in [0, 0.1) is 23.2 Å². The molecule has 5 fully saturated rings. The first-order chi connectivity index (χ1) is 14.8. The zero-order valence-electron chi connectivity index (χ0n) is 18.3. The number of ether oxygens (including phenoxy) is 1. The Balaban J connectivity index is 1.35. The van der Waals surface area contributed by atoms with Gasteiger partial charge in [-0.2, -0.15) is 8.42 Å². The molecule has 6 nitrogen and oxygen atoms in total. The Bertz CT molecular complexity index is 885. The van der Waals surface area contributed by atoms with Crippen molar-refractivity contribution in [3.63, 3.8) is 0 Å². The molecule has 1 saturated heterocycles. The summed E-state index contributed by atoms with van der Waals surface area (Å²) in [5.41, 5.74) is 0.809. The summed E-state index contributed by atoms with van der Waals surface area (Å²) in [6.45, 7) is 1.95. The zero-order chi connectivity index (χ0) is 21.6. The average molecular weight is 448 g/mol. The van der Waals surface area contributed by atoms with Crippen molar-refractivity contribution < 1.29 is 22.1 Å². The van der Waals surface area contributed by atoms with Crippen molar-refractivity contribution >= 4 is 16.0 Å². The lowest BCUT2D eigenvalue weighted by atomic mass is 9.49. The van der Waals surface area contributed by atoms with Crippen LogP contribution in [0.1, 0.15) is 56.9 Å². The van der Waals surface area contributed by atoms with Gasteiger partial charge in [-0.1, -0.05) is 12.1 Å². The maximum absolute atomic E-state index is 14.0. The van der Waals surface area contributed by atoms with E-state index in [9.17, 15) is 13.2 Å². The second-order valence-corrected chi connectivity index (χ2v) is 12.0. The van der Waals surface area contributed by atoms with Crippen LogP contribution in [-0.4, -0.2) is 44.7 Å². The molecule has 4 aliphatic carbocycles. The first kappa shape index (κ1) is 21.3. The molecule has 1 aromatic carbocycles. The Kier molecular flexibility index (Phi) is 5.53. The van der Waals surface area contributed by atoms with Gasteiger partial charge in [0, 0.05) is 19.7 Å². The molecule has 7 heteroatoms. The second kappa shape index (κ2) is 8.07. The fourth-order valence-corrected chi connectivity index (χ4v) is 7.47. The van der Waals surface area contributed by atoms with Crippen LogP contribution in [0.2, 0.25) is 0 Å². The highest BCUT2D eigenvalue weighted by molar-refractivity contribution is 7.86. The summed E-state index contributed by atoms with van der Waals surface area (Å²) in [7, 11) is -3.55. The van der Waals surface area contributed by atoms with E-state index < -0.39 is 10.1 Å². The largest absolute Gasteiger partial charge is 0.383 e. The quantitative estimate of drug-likeness (QED) is 0.595. The summed E-state index contributed by atoms with van der Waals surface area (Å²) in [5.74, 6) is 2.80. The molecule has 0 aromatic heterocycles. The molecule has 1 amide bonds. The van der Waals surface area contributed by atoms with Crippen molar-refractivity contribution in [1.29, 1.82) is 0 Å². The number of carbonyl (C=O) groups excluding carboxylic acids is 1. The van der Waals surface area contributed by atoms with Crippen molar-refractivity contribution in [2.45, 2.75) is 64.0 Å². The summed E-state index contributed by atoms with van der Waals surface area (Å²) in [6.07, 6.45) is 10.3. The van der Waals surface area contributed by atoms with E-state index in [2.05, 4.69) is 0 Å². The van der Waals surface area contributed by atoms with Gasteiger partial charge in [0.1, 0.15) is 5.75 Å². The molecule has 0 spiro atoms. The minimum absolute atomic E-state index is 0.116. The summed E-state index contributed by atoms with van der Waals surface area (Å²) >= 11 is 0. The molecule has 1 atom stereocenters. The van der Waals surface area contributed by atoms with E-state index in [4.69, 9.17) is 8.92 Å². The molecule has 1 heterocycles. The minimum atomic E-state index is -3.55. The Morgan fingerprint density at radius 3 is 2.23 bits per heavy atom. The van der Waals surface area contributed by atoms with E-state index in [0.717, 1.165) is 68.3 Å². The first-order valence-electron chi connectivity index (χ1n) is 11.7. The van der Waals surface area contributed by atoms with Gasteiger partial charge >= 0.3 is 10.1 Å². The van der Waals surface area contributed by atoms with Crippen LogP contribution in [0.15, 0.2) is 24.3 Å². The molecular weight excluding hydrogens is 414 g/mol. The van der Waals surface area contributed by atoms with Gasteiger partial charge in [-0.3, -0.25) is 4.79 Å². The van der Waals surface area contributed by atoms with Gasteiger partial charge in [-0.05, 0) is 86.8 Å². The fraction of sp³-hybridized carbons (Fsp3) is 0.708. The Morgan fingerprint density at radius 1 is 1.10 bits per heavy atom. The lowest BCUT2D eigenvalue weighted by Crippen LogP contribution is -2.55. The third-order valence-electron chi connectivity index (χ3n) is 7.77. The molecule has 0 radical (unpaired) electrons. The van der Waals surface area contributed by atoms with Gasteiger partial charge in [-0.15, -0.1) is 0 Å². The van der Waals surface area contributed by atoms with E-state index in [0.29, 0.717) is 24.7 Å². The monoisotopic (exact) mass is 447 g/mol. The van der Waals surface area contributed by atoms with Gasteiger partial charge in [0.15, 0.2) is 0 Å². The molecule has 4 bridgehead atoms. The van der Waals surface area contributed by atoms with Gasteiger partial charge in [0.05, 0.1) is 17.8 Å². The average Bonchev–Trinajstić information content (AvgIpc) is 3.19. The topological polar surface area (TPSA) is 72.9 Å². The Hall–Kier alpha value is -1.60. The van der Waals surface area contributed by atoms with Crippen LogP contribution in [0.25, 0.3) is 0 Å². The van der Waals surface area contributed by atoms with Crippen LogP contribution in [0.3, 0.4) is 0 Å². The van der Waals surface area contributed by atoms with Crippen LogP contribution in [0.4, 0.5) is 0 Å². The lowest BCUT2D eigenvalue weighted by molar-refractivity contribution is -0.159. The second-order valence-electron chi connectivity index (χ2n) is 10.4. The molecule has 5 aliphatic rings. The number of hydrogen-bond acceptors (Lipinski definition) is 5. The van der Waals surface area contributed by atoms with Crippen molar-refractivity contribution in [3.05, 3.63) is 29.8 Å². The van der Waals surface area contributed by atoms with E-state index in [1.54, 1.807) is 12.1 Å². The molecule has 6 rings (SSSR count). The van der Waals surface area contributed by atoms with Gasteiger partial charge in [0.2, 0.25) is 5.91 Å². The molecule has 4 saturated carbocycles. The molecule has 1 aliphatic heterocycles. The Morgan fingerprint density at radius 2 is 1.71 bits per heavy atom. The van der Waals surface area contributed by atoms with E-state index in [1.807, 2.05) is 17.0 Å². The van der Waals surface area contributed by atoms with Crippen LogP contribution >= 0.6 is 0 Å². The third kappa shape index (κ3) is 4.63. The Labute approximate surface area is 185 Å².